The zero-order chi connectivity index (χ0) is 18.3. The number of carbonyl (C=O) groups excluding carboxylic acids is 1. The lowest BCUT2D eigenvalue weighted by Gasteiger charge is -2.15. The highest BCUT2D eigenvalue weighted by Crippen LogP contribution is 2.40. The van der Waals surface area contributed by atoms with Gasteiger partial charge in [0.05, 0.1) is 35.3 Å². The van der Waals surface area contributed by atoms with Crippen molar-refractivity contribution in [3.05, 3.63) is 58.5 Å². The molecular formula is C17H14ClN7O. The van der Waals surface area contributed by atoms with E-state index in [1.54, 1.807) is 24.7 Å². The van der Waals surface area contributed by atoms with Crippen molar-refractivity contribution in [1.29, 1.82) is 0 Å². The van der Waals surface area contributed by atoms with Gasteiger partial charge in [-0.05, 0) is 25.1 Å². The summed E-state index contributed by atoms with van der Waals surface area (Å²) < 4.78 is 0. The van der Waals surface area contributed by atoms with Gasteiger partial charge in [-0.3, -0.25) is 19.7 Å². The highest BCUT2D eigenvalue weighted by molar-refractivity contribution is 6.41. The minimum absolute atomic E-state index is 0.00247. The maximum Gasteiger partial charge on any atom is 0.260 e. The van der Waals surface area contributed by atoms with E-state index in [-0.39, 0.29) is 23.6 Å². The molecule has 26 heavy (non-hydrogen) atoms. The molecule has 3 aromatic heterocycles. The molecule has 0 radical (unpaired) electrons. The van der Waals surface area contributed by atoms with Gasteiger partial charge < -0.3 is 10.7 Å². The molecule has 130 valence electrons. The predicted octanol–water partition coefficient (Wildman–Crippen LogP) is 2.23. The van der Waals surface area contributed by atoms with Crippen LogP contribution in [-0.4, -0.2) is 30.8 Å². The summed E-state index contributed by atoms with van der Waals surface area (Å²) in [6.07, 6.45) is 6.76. The van der Waals surface area contributed by atoms with E-state index >= 15 is 0 Å². The van der Waals surface area contributed by atoms with E-state index in [9.17, 15) is 4.79 Å². The predicted molar refractivity (Wildman–Crippen MR) is 98.1 cm³/mol. The maximum absolute atomic E-state index is 13.1. The number of amides is 1. The fraction of sp³-hybridized carbons (Fsp3) is 0.118. The molecule has 0 atom stereocenters. The number of hydrogen-bond donors (Lipinski definition) is 2. The van der Waals surface area contributed by atoms with Crippen LogP contribution in [0.2, 0.25) is 5.15 Å². The molecule has 1 amide bonds. The van der Waals surface area contributed by atoms with Gasteiger partial charge in [-0.1, -0.05) is 11.6 Å². The third-order valence-electron chi connectivity index (χ3n) is 3.94. The molecule has 0 saturated heterocycles. The van der Waals surface area contributed by atoms with Crippen molar-refractivity contribution in [3.63, 3.8) is 0 Å². The number of nitrogen functional groups attached to an aromatic ring is 1. The van der Waals surface area contributed by atoms with E-state index in [1.165, 1.54) is 4.90 Å². The first-order chi connectivity index (χ1) is 12.5. The average Bonchev–Trinajstić information content (AvgIpc) is 3.19. The third-order valence-corrected chi connectivity index (χ3v) is 4.21. The van der Waals surface area contributed by atoms with Crippen molar-refractivity contribution in [3.8, 4) is 0 Å². The highest BCUT2D eigenvalue weighted by Gasteiger charge is 2.37. The number of nitrogens with one attached hydrogen (secondary N) is 1. The summed E-state index contributed by atoms with van der Waals surface area (Å²) in [5.74, 6) is 0.120. The Kier molecular flexibility index (Phi) is 3.89. The van der Waals surface area contributed by atoms with Crippen molar-refractivity contribution < 1.29 is 4.79 Å². The molecule has 1 aliphatic heterocycles. The monoisotopic (exact) mass is 367 g/mol. The standard InChI is InChI=1S/C17H14ClN7O/c1-9-6-22-11(7-21-9)8-25-15-13(14(18)23-17(19)24-15)12(16(25)26)5-10-3-2-4-20-10/h2-7,20H,8H2,1H3,(H2,19,23,24)/b12-5-. The Morgan fingerprint density at radius 3 is 2.85 bits per heavy atom. The molecule has 4 rings (SSSR count). The molecule has 0 unspecified atom stereocenters. The lowest BCUT2D eigenvalue weighted by atomic mass is 10.1. The largest absolute Gasteiger partial charge is 0.368 e. The molecule has 0 spiro atoms. The minimum Gasteiger partial charge on any atom is -0.368 e. The molecule has 3 N–H and O–H groups in total. The molecule has 4 heterocycles. The molecule has 0 bridgehead atoms. The Labute approximate surface area is 153 Å². The van der Waals surface area contributed by atoms with Crippen LogP contribution < -0.4 is 10.6 Å². The molecule has 0 fully saturated rings. The number of nitrogens with zero attached hydrogens (tertiary/aromatic N) is 5. The maximum atomic E-state index is 13.1. The Morgan fingerprint density at radius 2 is 2.15 bits per heavy atom. The number of carbonyl (C=O) groups is 1. The number of halogens is 1. The second kappa shape index (κ2) is 6.23. The number of aromatic amines is 1. The smallest absolute Gasteiger partial charge is 0.260 e. The Hall–Kier alpha value is -3.26. The van der Waals surface area contributed by atoms with Gasteiger partial charge in [0.25, 0.3) is 5.91 Å². The number of aryl methyl sites for hydroxylation is 1. The number of hydrogen-bond acceptors (Lipinski definition) is 6. The van der Waals surface area contributed by atoms with Crippen molar-refractivity contribution in [2.75, 3.05) is 10.6 Å². The summed E-state index contributed by atoms with van der Waals surface area (Å²) in [4.78, 5) is 34.3. The van der Waals surface area contributed by atoms with E-state index in [0.717, 1.165) is 11.4 Å². The number of anilines is 2. The van der Waals surface area contributed by atoms with Crippen molar-refractivity contribution >= 4 is 40.9 Å². The van der Waals surface area contributed by atoms with Crippen LogP contribution in [0.5, 0.6) is 0 Å². The molecule has 0 saturated carbocycles. The summed E-state index contributed by atoms with van der Waals surface area (Å²) in [7, 11) is 0. The van der Waals surface area contributed by atoms with Crippen LogP contribution >= 0.6 is 11.6 Å². The summed E-state index contributed by atoms with van der Waals surface area (Å²) in [5, 5.41) is 0.135. The van der Waals surface area contributed by atoms with Crippen LogP contribution in [0.1, 0.15) is 22.6 Å². The molecule has 0 aromatic carbocycles. The normalized spacial score (nSPS) is 14.9. The van der Waals surface area contributed by atoms with Gasteiger partial charge in [0.1, 0.15) is 5.15 Å². The van der Waals surface area contributed by atoms with Crippen molar-refractivity contribution in [2.24, 2.45) is 0 Å². The molecule has 1 aliphatic rings. The van der Waals surface area contributed by atoms with E-state index in [1.807, 2.05) is 19.1 Å². The minimum atomic E-state index is -0.251. The fourth-order valence-electron chi connectivity index (χ4n) is 2.75. The average molecular weight is 368 g/mol. The first-order valence-electron chi connectivity index (χ1n) is 7.81. The van der Waals surface area contributed by atoms with E-state index in [0.29, 0.717) is 22.6 Å². The Balaban J connectivity index is 1.81. The number of rotatable bonds is 3. The summed E-state index contributed by atoms with van der Waals surface area (Å²) in [6, 6.07) is 3.69. The zero-order valence-electron chi connectivity index (χ0n) is 13.8. The van der Waals surface area contributed by atoms with Crippen LogP contribution in [-0.2, 0) is 11.3 Å². The molecule has 8 nitrogen and oxygen atoms in total. The first-order valence-corrected chi connectivity index (χ1v) is 8.18. The summed E-state index contributed by atoms with van der Waals surface area (Å²) in [6.45, 7) is 2.05. The van der Waals surface area contributed by atoms with Crippen LogP contribution in [0.4, 0.5) is 11.8 Å². The Bertz CT molecular complexity index is 1010. The molecule has 3 aromatic rings. The van der Waals surface area contributed by atoms with Crippen LogP contribution in [0.15, 0.2) is 30.7 Å². The van der Waals surface area contributed by atoms with Crippen LogP contribution in [0.25, 0.3) is 11.6 Å². The number of aromatic nitrogens is 5. The fourth-order valence-corrected chi connectivity index (χ4v) is 3.02. The molecule has 9 heteroatoms. The van der Waals surface area contributed by atoms with Gasteiger partial charge in [-0.2, -0.15) is 4.98 Å². The zero-order valence-corrected chi connectivity index (χ0v) is 14.5. The van der Waals surface area contributed by atoms with Crippen LogP contribution in [0, 0.1) is 6.92 Å². The second-order valence-electron chi connectivity index (χ2n) is 5.80. The van der Waals surface area contributed by atoms with Gasteiger partial charge >= 0.3 is 0 Å². The highest BCUT2D eigenvalue weighted by atomic mass is 35.5. The molecule has 0 aliphatic carbocycles. The molecular weight excluding hydrogens is 354 g/mol. The van der Waals surface area contributed by atoms with Gasteiger partial charge in [0.15, 0.2) is 5.82 Å². The van der Waals surface area contributed by atoms with Gasteiger partial charge in [-0.15, -0.1) is 0 Å². The van der Waals surface area contributed by atoms with Gasteiger partial charge in [0.2, 0.25) is 5.95 Å². The van der Waals surface area contributed by atoms with E-state index < -0.39 is 0 Å². The Morgan fingerprint density at radius 1 is 1.31 bits per heavy atom. The van der Waals surface area contributed by atoms with Gasteiger partial charge in [-0.25, -0.2) is 4.98 Å². The topological polar surface area (TPSA) is 114 Å². The van der Waals surface area contributed by atoms with Gasteiger partial charge in [0, 0.05) is 18.1 Å². The lowest BCUT2D eigenvalue weighted by molar-refractivity contribution is -0.113. The SMILES string of the molecule is Cc1cnc(CN2C(=O)/C(=C\c3ccc[nH]3)c3c(Cl)nc(N)nc32)cn1. The summed E-state index contributed by atoms with van der Waals surface area (Å²) >= 11 is 6.28. The lowest BCUT2D eigenvalue weighted by Crippen LogP contribution is -2.27. The van der Waals surface area contributed by atoms with Crippen LogP contribution in [0.3, 0.4) is 0 Å². The first kappa shape index (κ1) is 16.2. The van der Waals surface area contributed by atoms with E-state index in [4.69, 9.17) is 17.3 Å². The second-order valence-corrected chi connectivity index (χ2v) is 6.15. The number of H-pyrrole nitrogens is 1. The number of nitrogens with two attached hydrogens (primary N) is 1. The van der Waals surface area contributed by atoms with E-state index in [2.05, 4.69) is 24.9 Å². The third kappa shape index (κ3) is 2.80. The summed E-state index contributed by atoms with van der Waals surface area (Å²) in [5.41, 5.74) is 8.78. The van der Waals surface area contributed by atoms with Crippen molar-refractivity contribution in [2.45, 2.75) is 13.5 Å². The number of fused-ring (bicyclic) bond motifs is 1. The van der Waals surface area contributed by atoms with Crippen molar-refractivity contribution in [1.82, 2.24) is 24.9 Å². The quantitative estimate of drug-likeness (QED) is 0.542.